The summed E-state index contributed by atoms with van der Waals surface area (Å²) in [5, 5.41) is 0. The van der Waals surface area contributed by atoms with Crippen LogP contribution in [0.25, 0.3) is 0 Å². The van der Waals surface area contributed by atoms with Crippen LogP contribution in [0.4, 0.5) is 0 Å². The lowest BCUT2D eigenvalue weighted by molar-refractivity contribution is 1.32. The van der Waals surface area contributed by atoms with Gasteiger partial charge in [-0.25, -0.2) is 0 Å². The van der Waals surface area contributed by atoms with Crippen molar-refractivity contribution in [3.8, 4) is 0 Å². The van der Waals surface area contributed by atoms with E-state index in [0.29, 0.717) is 0 Å². The SMILES string of the molecule is C1=CC=CC=C2CC=CC=12. The summed E-state index contributed by atoms with van der Waals surface area (Å²) in [5.74, 6) is 0. The van der Waals surface area contributed by atoms with Crippen LogP contribution in [0.15, 0.2) is 53.3 Å². The molecule has 0 saturated heterocycles. The molecule has 0 fully saturated rings. The van der Waals surface area contributed by atoms with Crippen molar-refractivity contribution < 1.29 is 0 Å². The standard InChI is InChI=1S/C10H8/c1-2-5-9-7-4-8-10(9)6-3-1/h1-5,8H,7H2. The zero-order valence-electron chi connectivity index (χ0n) is 5.67. The Morgan fingerprint density at radius 3 is 3.30 bits per heavy atom. The maximum Gasteiger partial charge on any atom is 0.0196 e. The lowest BCUT2D eigenvalue weighted by Gasteiger charge is -1.91. The molecule has 0 spiro atoms. The molecule has 0 bridgehead atoms. The van der Waals surface area contributed by atoms with Gasteiger partial charge in [0.05, 0.1) is 0 Å². The van der Waals surface area contributed by atoms with Crippen LogP contribution in [0.3, 0.4) is 0 Å². The Morgan fingerprint density at radius 2 is 2.30 bits per heavy atom. The van der Waals surface area contributed by atoms with Crippen molar-refractivity contribution in [2.75, 3.05) is 0 Å². The summed E-state index contributed by atoms with van der Waals surface area (Å²) < 4.78 is 0. The first kappa shape index (κ1) is 5.52. The van der Waals surface area contributed by atoms with Crippen molar-refractivity contribution in [1.82, 2.24) is 0 Å². The Balaban J connectivity index is 2.56. The second-order valence-electron chi connectivity index (χ2n) is 2.41. The van der Waals surface area contributed by atoms with E-state index in [9.17, 15) is 0 Å². The second-order valence-corrected chi connectivity index (χ2v) is 2.41. The number of rotatable bonds is 0. The fraction of sp³-hybridized carbons (Fsp3) is 0.100. The van der Waals surface area contributed by atoms with E-state index in [1.807, 2.05) is 12.2 Å². The summed E-state index contributed by atoms with van der Waals surface area (Å²) in [6, 6.07) is 0. The minimum absolute atomic E-state index is 1.07. The molecule has 0 heteroatoms. The Morgan fingerprint density at radius 1 is 1.30 bits per heavy atom. The van der Waals surface area contributed by atoms with Crippen LogP contribution in [0, 0.1) is 0 Å². The summed E-state index contributed by atoms with van der Waals surface area (Å²) in [5.41, 5.74) is 5.81. The van der Waals surface area contributed by atoms with Gasteiger partial charge in [-0.15, -0.1) is 5.73 Å². The third kappa shape index (κ3) is 0.792. The highest BCUT2D eigenvalue weighted by Crippen LogP contribution is 2.23. The van der Waals surface area contributed by atoms with E-state index < -0.39 is 0 Å². The molecule has 2 rings (SSSR count). The molecule has 10 heavy (non-hydrogen) atoms. The quantitative estimate of drug-likeness (QED) is 0.440. The summed E-state index contributed by atoms with van der Waals surface area (Å²) in [6.07, 6.45) is 13.5. The lowest BCUT2D eigenvalue weighted by Crippen LogP contribution is -1.73. The van der Waals surface area contributed by atoms with Crippen molar-refractivity contribution >= 4 is 0 Å². The number of hydrogen-bond donors (Lipinski definition) is 0. The van der Waals surface area contributed by atoms with Crippen LogP contribution in [-0.4, -0.2) is 0 Å². The highest BCUT2D eigenvalue weighted by molar-refractivity contribution is 5.49. The third-order valence-electron chi connectivity index (χ3n) is 1.71. The molecular formula is C10H8. The Hall–Kier alpha value is -1.26. The molecule has 0 nitrogen and oxygen atoms in total. The molecule has 48 valence electrons. The highest BCUT2D eigenvalue weighted by atomic mass is 14.1. The maximum atomic E-state index is 3.19. The largest absolute Gasteiger partial charge is 0.113 e. The highest BCUT2D eigenvalue weighted by Gasteiger charge is 2.05. The van der Waals surface area contributed by atoms with Gasteiger partial charge in [-0.2, -0.15) is 0 Å². The smallest absolute Gasteiger partial charge is 0.0196 e. The van der Waals surface area contributed by atoms with Gasteiger partial charge < -0.3 is 0 Å². The zero-order chi connectivity index (χ0) is 6.81. The molecule has 0 aromatic carbocycles. The minimum Gasteiger partial charge on any atom is -0.113 e. The van der Waals surface area contributed by atoms with Gasteiger partial charge in [0.25, 0.3) is 0 Å². The summed E-state index contributed by atoms with van der Waals surface area (Å²) >= 11 is 0. The molecule has 0 N–H and O–H groups in total. The minimum atomic E-state index is 1.07. The molecule has 0 aromatic rings. The molecule has 2 aliphatic rings. The molecule has 0 saturated carbocycles. The van der Waals surface area contributed by atoms with E-state index in [4.69, 9.17) is 0 Å². The van der Waals surface area contributed by atoms with Gasteiger partial charge in [-0.3, -0.25) is 0 Å². The molecular weight excluding hydrogens is 120 g/mol. The van der Waals surface area contributed by atoms with Gasteiger partial charge in [0.1, 0.15) is 0 Å². The van der Waals surface area contributed by atoms with Gasteiger partial charge in [-0.1, -0.05) is 30.4 Å². The number of fused-ring (bicyclic) bond motifs is 1. The van der Waals surface area contributed by atoms with Crippen LogP contribution in [-0.2, 0) is 0 Å². The van der Waals surface area contributed by atoms with E-state index in [1.165, 1.54) is 11.1 Å². The lowest BCUT2D eigenvalue weighted by atomic mass is 10.1. The number of hydrogen-bond acceptors (Lipinski definition) is 0. The van der Waals surface area contributed by atoms with E-state index >= 15 is 0 Å². The van der Waals surface area contributed by atoms with Crippen LogP contribution in [0.5, 0.6) is 0 Å². The Bertz CT molecular complexity index is 292. The van der Waals surface area contributed by atoms with Gasteiger partial charge in [0.15, 0.2) is 0 Å². The summed E-state index contributed by atoms with van der Waals surface area (Å²) in [7, 11) is 0. The van der Waals surface area contributed by atoms with Crippen LogP contribution >= 0.6 is 0 Å². The first-order valence-electron chi connectivity index (χ1n) is 3.46. The molecule has 0 unspecified atom stereocenters. The molecule has 0 atom stereocenters. The van der Waals surface area contributed by atoms with Crippen molar-refractivity contribution in [2.24, 2.45) is 0 Å². The van der Waals surface area contributed by atoms with Crippen LogP contribution in [0.1, 0.15) is 6.42 Å². The Kier molecular flexibility index (Phi) is 1.20. The first-order valence-corrected chi connectivity index (χ1v) is 3.46. The monoisotopic (exact) mass is 128 g/mol. The summed E-state index contributed by atoms with van der Waals surface area (Å²) in [4.78, 5) is 0. The topological polar surface area (TPSA) is 0 Å². The zero-order valence-corrected chi connectivity index (χ0v) is 5.67. The fourth-order valence-corrected chi connectivity index (χ4v) is 1.18. The first-order chi connectivity index (χ1) is 4.97. The third-order valence-corrected chi connectivity index (χ3v) is 1.71. The van der Waals surface area contributed by atoms with E-state index in [0.717, 1.165) is 6.42 Å². The van der Waals surface area contributed by atoms with Gasteiger partial charge in [-0.05, 0) is 18.1 Å². The average molecular weight is 128 g/mol. The predicted molar refractivity (Wildman–Crippen MR) is 42.6 cm³/mol. The molecule has 0 aromatic heterocycles. The van der Waals surface area contributed by atoms with E-state index in [-0.39, 0.29) is 0 Å². The molecule has 0 aliphatic heterocycles. The molecule has 0 amide bonds. The van der Waals surface area contributed by atoms with Crippen molar-refractivity contribution in [3.05, 3.63) is 53.3 Å². The predicted octanol–water partition coefficient (Wildman–Crippen LogP) is 2.52. The van der Waals surface area contributed by atoms with Crippen LogP contribution in [0.2, 0.25) is 0 Å². The van der Waals surface area contributed by atoms with Crippen LogP contribution < -0.4 is 0 Å². The molecule has 2 aliphatic carbocycles. The maximum absolute atomic E-state index is 3.19. The van der Waals surface area contributed by atoms with Gasteiger partial charge >= 0.3 is 0 Å². The normalized spacial score (nSPS) is 20.0. The Labute approximate surface area is 60.6 Å². The van der Waals surface area contributed by atoms with Crippen molar-refractivity contribution in [1.29, 1.82) is 0 Å². The molecule has 0 radical (unpaired) electrons. The van der Waals surface area contributed by atoms with Gasteiger partial charge in [0.2, 0.25) is 0 Å². The van der Waals surface area contributed by atoms with Crippen molar-refractivity contribution in [3.63, 3.8) is 0 Å². The second kappa shape index (κ2) is 2.17. The fourth-order valence-electron chi connectivity index (χ4n) is 1.18. The summed E-state index contributed by atoms with van der Waals surface area (Å²) in [6.45, 7) is 0. The number of allylic oxidation sites excluding steroid dienone is 7. The van der Waals surface area contributed by atoms with E-state index in [1.54, 1.807) is 0 Å². The molecule has 0 heterocycles. The van der Waals surface area contributed by atoms with E-state index in [2.05, 4.69) is 30.0 Å². The average Bonchev–Trinajstić information content (AvgIpc) is 2.28. The van der Waals surface area contributed by atoms with Crippen molar-refractivity contribution in [2.45, 2.75) is 6.42 Å². The van der Waals surface area contributed by atoms with Gasteiger partial charge in [0, 0.05) is 5.57 Å².